The summed E-state index contributed by atoms with van der Waals surface area (Å²) in [6.45, 7) is 0. The highest BCUT2D eigenvalue weighted by atomic mass is 127. The Balaban J connectivity index is 3.11. The molecule has 1 aromatic rings. The van der Waals surface area contributed by atoms with E-state index in [2.05, 4.69) is 4.72 Å². The lowest BCUT2D eigenvalue weighted by Gasteiger charge is -2.10. The second kappa shape index (κ2) is 4.40. The van der Waals surface area contributed by atoms with Crippen LogP contribution in [0.4, 0.5) is 18.9 Å². The van der Waals surface area contributed by atoms with Crippen LogP contribution < -0.4 is 4.72 Å². The third-order valence-electron chi connectivity index (χ3n) is 1.59. The molecule has 0 aliphatic heterocycles. The molecule has 0 saturated heterocycles. The molecule has 1 rings (SSSR count). The number of anilines is 1. The van der Waals surface area contributed by atoms with Crippen molar-refractivity contribution in [2.75, 3.05) is 11.0 Å². The number of hydrogen-bond donors (Lipinski definition) is 1. The third kappa shape index (κ3) is 3.81. The second-order valence-corrected chi connectivity index (χ2v) is 5.98. The number of rotatable bonds is 2. The van der Waals surface area contributed by atoms with E-state index in [-0.39, 0.29) is 9.26 Å². The van der Waals surface area contributed by atoms with Gasteiger partial charge in [0.25, 0.3) is 0 Å². The highest BCUT2D eigenvalue weighted by molar-refractivity contribution is 14.1. The van der Waals surface area contributed by atoms with Crippen molar-refractivity contribution in [2.45, 2.75) is 6.18 Å². The van der Waals surface area contributed by atoms with E-state index in [0.29, 0.717) is 0 Å². The van der Waals surface area contributed by atoms with Gasteiger partial charge in [-0.05, 0) is 40.8 Å². The summed E-state index contributed by atoms with van der Waals surface area (Å²) in [7, 11) is -3.48. The van der Waals surface area contributed by atoms with Crippen molar-refractivity contribution in [3.63, 3.8) is 0 Å². The predicted molar refractivity (Wildman–Crippen MR) is 62.6 cm³/mol. The van der Waals surface area contributed by atoms with Crippen LogP contribution in [0.3, 0.4) is 0 Å². The summed E-state index contributed by atoms with van der Waals surface area (Å²) in [5.41, 5.74) is -0.674. The van der Waals surface area contributed by atoms with Gasteiger partial charge in [-0.25, -0.2) is 8.42 Å². The van der Waals surface area contributed by atoms with Crippen LogP contribution in [-0.4, -0.2) is 14.7 Å². The van der Waals surface area contributed by atoms with E-state index in [1.54, 1.807) is 22.6 Å². The SMILES string of the molecule is CS(=O)(=O)Nc1ccc(C(F)(F)F)cc1I. The molecule has 0 saturated carbocycles. The summed E-state index contributed by atoms with van der Waals surface area (Å²) in [6.07, 6.45) is -3.50. The summed E-state index contributed by atoms with van der Waals surface area (Å²) in [4.78, 5) is 0. The van der Waals surface area contributed by atoms with E-state index in [0.717, 1.165) is 24.5 Å². The van der Waals surface area contributed by atoms with Gasteiger partial charge < -0.3 is 0 Å². The van der Waals surface area contributed by atoms with Crippen LogP contribution in [-0.2, 0) is 16.2 Å². The molecule has 8 heteroatoms. The molecular formula is C8H7F3INO2S. The number of nitrogens with one attached hydrogen (secondary N) is 1. The Kier molecular flexibility index (Phi) is 3.72. The van der Waals surface area contributed by atoms with E-state index >= 15 is 0 Å². The van der Waals surface area contributed by atoms with Crippen LogP contribution in [0.25, 0.3) is 0 Å². The number of hydrogen-bond acceptors (Lipinski definition) is 2. The van der Waals surface area contributed by atoms with E-state index in [1.165, 1.54) is 0 Å². The Morgan fingerprint density at radius 1 is 1.31 bits per heavy atom. The zero-order valence-corrected chi connectivity index (χ0v) is 10.9. The maximum atomic E-state index is 12.3. The van der Waals surface area contributed by atoms with Gasteiger partial charge in [-0.3, -0.25) is 4.72 Å². The first kappa shape index (κ1) is 13.6. The fraction of sp³-hybridized carbons (Fsp3) is 0.250. The molecule has 16 heavy (non-hydrogen) atoms. The molecule has 0 aliphatic carbocycles. The van der Waals surface area contributed by atoms with Gasteiger partial charge in [0.1, 0.15) is 0 Å². The quantitative estimate of drug-likeness (QED) is 0.820. The maximum absolute atomic E-state index is 12.3. The average molecular weight is 365 g/mol. The minimum atomic E-state index is -4.43. The molecule has 0 radical (unpaired) electrons. The van der Waals surface area contributed by atoms with Crippen molar-refractivity contribution in [3.8, 4) is 0 Å². The average Bonchev–Trinajstić information content (AvgIpc) is 2.04. The molecule has 0 aliphatic rings. The minimum absolute atomic E-state index is 0.135. The zero-order valence-electron chi connectivity index (χ0n) is 7.97. The Morgan fingerprint density at radius 2 is 1.88 bits per heavy atom. The molecular weight excluding hydrogens is 358 g/mol. The Morgan fingerprint density at radius 3 is 2.25 bits per heavy atom. The summed E-state index contributed by atoms with van der Waals surface area (Å²) in [5.74, 6) is 0. The molecule has 0 spiro atoms. The standard InChI is InChI=1S/C8H7F3INO2S/c1-16(14,15)13-7-3-2-5(4-6(7)12)8(9,10)11/h2-4,13H,1H3. The molecule has 0 amide bonds. The number of alkyl halides is 3. The molecule has 0 atom stereocenters. The normalized spacial score (nSPS) is 12.6. The molecule has 1 N–H and O–H groups in total. The van der Waals surface area contributed by atoms with Gasteiger partial charge in [-0.2, -0.15) is 13.2 Å². The van der Waals surface area contributed by atoms with Crippen LogP contribution in [0.15, 0.2) is 18.2 Å². The summed E-state index contributed by atoms with van der Waals surface area (Å²) >= 11 is 1.64. The van der Waals surface area contributed by atoms with Crippen LogP contribution in [0.5, 0.6) is 0 Å². The molecule has 0 heterocycles. The second-order valence-electron chi connectivity index (χ2n) is 3.07. The minimum Gasteiger partial charge on any atom is -0.283 e. The molecule has 1 aromatic carbocycles. The van der Waals surface area contributed by atoms with Gasteiger partial charge in [0.15, 0.2) is 0 Å². The first-order valence-corrected chi connectivity index (χ1v) is 6.91. The summed E-state index contributed by atoms with van der Waals surface area (Å²) < 4.78 is 61.0. The Bertz CT molecular complexity index is 498. The van der Waals surface area contributed by atoms with Crippen molar-refractivity contribution in [3.05, 3.63) is 27.3 Å². The first-order valence-electron chi connectivity index (χ1n) is 3.94. The van der Waals surface area contributed by atoms with Gasteiger partial charge in [-0.1, -0.05) is 0 Å². The molecule has 0 fully saturated rings. The zero-order chi connectivity index (χ0) is 12.6. The lowest BCUT2D eigenvalue weighted by molar-refractivity contribution is -0.137. The third-order valence-corrected chi connectivity index (χ3v) is 3.07. The maximum Gasteiger partial charge on any atom is 0.416 e. The molecule has 90 valence electrons. The Hall–Kier alpha value is -0.510. The molecule has 0 bridgehead atoms. The van der Waals surface area contributed by atoms with Crippen LogP contribution in [0.2, 0.25) is 0 Å². The van der Waals surface area contributed by atoms with Gasteiger partial charge in [0, 0.05) is 3.57 Å². The fourth-order valence-corrected chi connectivity index (χ4v) is 2.38. The summed E-state index contributed by atoms with van der Waals surface area (Å²) in [5, 5.41) is 0. The van der Waals surface area contributed by atoms with Gasteiger partial charge in [0.2, 0.25) is 10.0 Å². The van der Waals surface area contributed by atoms with Crippen LogP contribution in [0.1, 0.15) is 5.56 Å². The van der Waals surface area contributed by atoms with E-state index in [1.807, 2.05) is 0 Å². The Labute approximate surface area is 104 Å². The lowest BCUT2D eigenvalue weighted by Crippen LogP contribution is -2.12. The van der Waals surface area contributed by atoms with Gasteiger partial charge >= 0.3 is 6.18 Å². The highest BCUT2D eigenvalue weighted by Gasteiger charge is 2.30. The highest BCUT2D eigenvalue weighted by Crippen LogP contribution is 2.32. The number of benzene rings is 1. The van der Waals surface area contributed by atoms with E-state index in [9.17, 15) is 21.6 Å². The smallest absolute Gasteiger partial charge is 0.283 e. The van der Waals surface area contributed by atoms with Crippen molar-refractivity contribution < 1.29 is 21.6 Å². The monoisotopic (exact) mass is 365 g/mol. The largest absolute Gasteiger partial charge is 0.416 e. The van der Waals surface area contributed by atoms with Gasteiger partial charge in [-0.15, -0.1) is 0 Å². The summed E-state index contributed by atoms with van der Waals surface area (Å²) in [6, 6.07) is 2.80. The molecule has 3 nitrogen and oxygen atoms in total. The van der Waals surface area contributed by atoms with Crippen LogP contribution in [0, 0.1) is 3.57 Å². The van der Waals surface area contributed by atoms with Crippen molar-refractivity contribution in [2.24, 2.45) is 0 Å². The lowest BCUT2D eigenvalue weighted by atomic mass is 10.2. The fourth-order valence-electron chi connectivity index (χ4n) is 0.974. The first-order chi connectivity index (χ1) is 7.09. The molecule has 0 unspecified atom stereocenters. The number of halogens is 4. The van der Waals surface area contributed by atoms with Crippen molar-refractivity contribution in [1.82, 2.24) is 0 Å². The van der Waals surface area contributed by atoms with Crippen molar-refractivity contribution >= 4 is 38.3 Å². The van der Waals surface area contributed by atoms with Crippen molar-refractivity contribution in [1.29, 1.82) is 0 Å². The number of sulfonamides is 1. The topological polar surface area (TPSA) is 46.2 Å². The molecule has 0 aromatic heterocycles. The van der Waals surface area contributed by atoms with E-state index in [4.69, 9.17) is 0 Å². The predicted octanol–water partition coefficient (Wildman–Crippen LogP) is 2.68. The van der Waals surface area contributed by atoms with Gasteiger partial charge in [0.05, 0.1) is 17.5 Å². The van der Waals surface area contributed by atoms with Crippen LogP contribution >= 0.6 is 22.6 Å². The van der Waals surface area contributed by atoms with E-state index < -0.39 is 21.8 Å².